The summed E-state index contributed by atoms with van der Waals surface area (Å²) in [6.45, 7) is 0. The van der Waals surface area contributed by atoms with Gasteiger partial charge >= 0.3 is 0 Å². The first-order valence-electron chi connectivity index (χ1n) is 3.68. The third kappa shape index (κ3) is 1.99. The highest BCUT2D eigenvalue weighted by atomic mass is 17.1. The molecule has 0 amide bonds. The number of nitrogens with zero attached hydrogens (tertiary/aromatic N) is 1. The molecule has 0 spiro atoms. The lowest BCUT2D eigenvalue weighted by Gasteiger charge is -2.08. The Morgan fingerprint density at radius 2 is 2.23 bits per heavy atom. The normalized spacial score (nSPS) is 12.0. The number of hydrogen-bond acceptors (Lipinski definition) is 4. The van der Waals surface area contributed by atoms with Gasteiger partial charge in [-0.05, 0) is 17.7 Å². The molecule has 0 saturated carbocycles. The second-order valence-electron chi connectivity index (χ2n) is 2.66. The number of phenols is 1. The molecule has 0 saturated heterocycles. The predicted octanol–water partition coefficient (Wildman–Crippen LogP) is -0.295. The summed E-state index contributed by atoms with van der Waals surface area (Å²) in [5.74, 6) is 0.0397. The molecule has 2 N–H and O–H groups in total. The van der Waals surface area contributed by atoms with E-state index in [4.69, 9.17) is 15.6 Å². The van der Waals surface area contributed by atoms with Gasteiger partial charge in [0.2, 0.25) is 6.10 Å². The highest BCUT2D eigenvalue weighted by Crippen LogP contribution is 2.17. The fourth-order valence-electron chi connectivity index (χ4n) is 1.06. The van der Waals surface area contributed by atoms with E-state index in [1.54, 1.807) is 20.0 Å². The largest absolute Gasteiger partial charge is 0.508 e. The highest BCUT2D eigenvalue weighted by Gasteiger charge is 2.13. The fourth-order valence-corrected chi connectivity index (χ4v) is 1.06. The summed E-state index contributed by atoms with van der Waals surface area (Å²) in [5, 5.41) is 26.1. The van der Waals surface area contributed by atoms with Crippen LogP contribution in [0.25, 0.3) is 0 Å². The summed E-state index contributed by atoms with van der Waals surface area (Å²) in [6, 6.07) is 6.29. The topological polar surface area (TPSA) is 73.5 Å². The Balaban J connectivity index is 3.13. The second kappa shape index (κ2) is 3.94. The van der Waals surface area contributed by atoms with Crippen molar-refractivity contribution in [3.05, 3.63) is 23.8 Å². The Morgan fingerprint density at radius 3 is 2.77 bits per heavy atom. The third-order valence-corrected chi connectivity index (χ3v) is 1.77. The quantitative estimate of drug-likeness (QED) is 0.369. The van der Waals surface area contributed by atoms with Gasteiger partial charge in [0.1, 0.15) is 19.7 Å². The molecule has 1 atom stereocenters. The summed E-state index contributed by atoms with van der Waals surface area (Å²) in [7, 11) is 1.76. The summed E-state index contributed by atoms with van der Waals surface area (Å²) in [4.78, 5) is 3.95. The van der Waals surface area contributed by atoms with Gasteiger partial charge < -0.3 is 5.11 Å². The van der Waals surface area contributed by atoms with E-state index in [9.17, 15) is 0 Å². The molecule has 1 aromatic carbocycles. The summed E-state index contributed by atoms with van der Waals surface area (Å²) < 4.78 is 0. The SMILES string of the molecule is Bc1ccc(O)cc1C(C#N)OO. The summed E-state index contributed by atoms with van der Waals surface area (Å²) >= 11 is 0. The van der Waals surface area contributed by atoms with Crippen molar-refractivity contribution in [1.82, 2.24) is 0 Å². The molecule has 0 fully saturated rings. The zero-order chi connectivity index (χ0) is 9.84. The number of nitriles is 1. The number of hydrogen-bond donors (Lipinski definition) is 2. The van der Waals surface area contributed by atoms with Crippen molar-refractivity contribution >= 4 is 13.3 Å². The van der Waals surface area contributed by atoms with Crippen molar-refractivity contribution in [2.75, 3.05) is 0 Å². The molecule has 0 aliphatic heterocycles. The molecule has 0 heterocycles. The van der Waals surface area contributed by atoms with Crippen molar-refractivity contribution in [3.63, 3.8) is 0 Å². The van der Waals surface area contributed by atoms with E-state index in [0.717, 1.165) is 5.46 Å². The Hall–Kier alpha value is -1.51. The monoisotopic (exact) mass is 177 g/mol. The molecule has 5 heteroatoms. The van der Waals surface area contributed by atoms with Crippen LogP contribution in [-0.2, 0) is 4.89 Å². The smallest absolute Gasteiger partial charge is 0.203 e. The van der Waals surface area contributed by atoms with Gasteiger partial charge in [-0.15, -0.1) is 0 Å². The molecule has 0 aromatic heterocycles. The Morgan fingerprint density at radius 1 is 1.54 bits per heavy atom. The zero-order valence-electron chi connectivity index (χ0n) is 7.06. The van der Waals surface area contributed by atoms with Gasteiger partial charge in [0.05, 0.1) is 0 Å². The minimum atomic E-state index is -1.05. The predicted molar refractivity (Wildman–Crippen MR) is 48.4 cm³/mol. The lowest BCUT2D eigenvalue weighted by Crippen LogP contribution is -2.14. The van der Waals surface area contributed by atoms with Crippen LogP contribution in [0.2, 0.25) is 0 Å². The first kappa shape index (κ1) is 9.58. The third-order valence-electron chi connectivity index (χ3n) is 1.77. The van der Waals surface area contributed by atoms with Crippen molar-refractivity contribution in [2.24, 2.45) is 0 Å². The van der Waals surface area contributed by atoms with Crippen LogP contribution in [0.1, 0.15) is 11.7 Å². The van der Waals surface area contributed by atoms with E-state index in [1.165, 1.54) is 12.1 Å². The highest BCUT2D eigenvalue weighted by molar-refractivity contribution is 6.33. The van der Waals surface area contributed by atoms with Crippen LogP contribution in [0.5, 0.6) is 5.75 Å². The molecule has 1 rings (SSSR count). The van der Waals surface area contributed by atoms with Crippen molar-refractivity contribution in [2.45, 2.75) is 6.10 Å². The van der Waals surface area contributed by atoms with Gasteiger partial charge in [0, 0.05) is 0 Å². The van der Waals surface area contributed by atoms with E-state index < -0.39 is 6.10 Å². The molecule has 0 radical (unpaired) electrons. The van der Waals surface area contributed by atoms with Crippen LogP contribution in [-0.4, -0.2) is 18.2 Å². The van der Waals surface area contributed by atoms with Crippen molar-refractivity contribution in [3.8, 4) is 11.8 Å². The molecular formula is C8H8BNO3. The number of aromatic hydroxyl groups is 1. The molecule has 1 aromatic rings. The zero-order valence-corrected chi connectivity index (χ0v) is 7.06. The van der Waals surface area contributed by atoms with Crippen LogP contribution in [0.4, 0.5) is 0 Å². The van der Waals surface area contributed by atoms with Gasteiger partial charge in [-0.25, -0.2) is 4.89 Å². The molecule has 0 bridgehead atoms. The van der Waals surface area contributed by atoms with E-state index in [0.29, 0.717) is 5.56 Å². The maximum absolute atomic E-state index is 9.13. The lowest BCUT2D eigenvalue weighted by molar-refractivity contribution is -0.266. The van der Waals surface area contributed by atoms with E-state index in [-0.39, 0.29) is 5.75 Å². The Labute approximate surface area is 76.3 Å². The van der Waals surface area contributed by atoms with Gasteiger partial charge in [0.25, 0.3) is 0 Å². The van der Waals surface area contributed by atoms with Crippen molar-refractivity contribution < 1.29 is 15.3 Å². The molecule has 0 aliphatic rings. The van der Waals surface area contributed by atoms with E-state index in [1.807, 2.05) is 0 Å². The number of rotatable bonds is 2. The average Bonchev–Trinajstić information content (AvgIpc) is 2.13. The molecule has 1 unspecified atom stereocenters. The Kier molecular flexibility index (Phi) is 2.90. The maximum atomic E-state index is 9.13. The van der Waals surface area contributed by atoms with Crippen LogP contribution in [0.15, 0.2) is 18.2 Å². The van der Waals surface area contributed by atoms with Crippen molar-refractivity contribution in [1.29, 1.82) is 5.26 Å². The van der Waals surface area contributed by atoms with Crippen LogP contribution in [0, 0.1) is 11.3 Å². The first-order valence-corrected chi connectivity index (χ1v) is 3.68. The summed E-state index contributed by atoms with van der Waals surface area (Å²) in [6.07, 6.45) is -1.05. The molecule has 13 heavy (non-hydrogen) atoms. The maximum Gasteiger partial charge on any atom is 0.203 e. The van der Waals surface area contributed by atoms with Crippen LogP contribution in [0.3, 0.4) is 0 Å². The number of benzene rings is 1. The minimum Gasteiger partial charge on any atom is -0.508 e. The molecular weight excluding hydrogens is 169 g/mol. The van der Waals surface area contributed by atoms with Gasteiger partial charge in [-0.2, -0.15) is 5.26 Å². The first-order chi connectivity index (χ1) is 6.19. The van der Waals surface area contributed by atoms with Gasteiger partial charge in [-0.1, -0.05) is 11.5 Å². The second-order valence-corrected chi connectivity index (χ2v) is 2.66. The fraction of sp³-hybridized carbons (Fsp3) is 0.125. The van der Waals surface area contributed by atoms with Gasteiger partial charge in [-0.3, -0.25) is 5.26 Å². The van der Waals surface area contributed by atoms with E-state index in [2.05, 4.69) is 4.89 Å². The molecule has 66 valence electrons. The molecule has 0 aliphatic carbocycles. The average molecular weight is 177 g/mol. The van der Waals surface area contributed by atoms with Gasteiger partial charge in [0.15, 0.2) is 0 Å². The number of phenolic OH excluding ortho intramolecular Hbond substituents is 1. The van der Waals surface area contributed by atoms with Crippen LogP contribution < -0.4 is 5.46 Å². The van der Waals surface area contributed by atoms with E-state index >= 15 is 0 Å². The van der Waals surface area contributed by atoms with Crippen LogP contribution >= 0.6 is 0 Å². The summed E-state index contributed by atoms with van der Waals surface area (Å²) in [5.41, 5.74) is 1.24. The standard InChI is InChI=1S/C8H8BNO3/c9-7-2-1-5(11)3-6(7)8(4-10)13-12/h1-3,8,11-12H,9H2. The lowest BCUT2D eigenvalue weighted by atomic mass is 9.88. The minimum absolute atomic E-state index is 0.0397. The molecule has 4 nitrogen and oxygen atoms in total. The Bertz CT molecular complexity index is 348.